The van der Waals surface area contributed by atoms with Gasteiger partial charge in [0.1, 0.15) is 6.04 Å². The van der Waals surface area contributed by atoms with Crippen LogP contribution in [0, 0.1) is 11.8 Å². The van der Waals surface area contributed by atoms with Crippen molar-refractivity contribution in [2.45, 2.75) is 32.7 Å². The Morgan fingerprint density at radius 2 is 2.19 bits per heavy atom. The van der Waals surface area contributed by atoms with Crippen molar-refractivity contribution in [2.24, 2.45) is 11.8 Å². The predicted molar refractivity (Wildman–Crippen MR) is 60.0 cm³/mol. The van der Waals surface area contributed by atoms with Gasteiger partial charge >= 0.3 is 5.97 Å². The maximum absolute atomic E-state index is 11.6. The molecule has 1 heterocycles. The summed E-state index contributed by atoms with van der Waals surface area (Å²) >= 11 is 0. The molecule has 0 aliphatic carbocycles. The van der Waals surface area contributed by atoms with Crippen molar-refractivity contribution in [3.8, 4) is 0 Å². The number of nitrogens with one attached hydrogen (secondary N) is 2. The SMILES string of the molecule is CC(C)[C@H](NC(=O)CC1CCNC1)C(=O)O. The minimum atomic E-state index is -0.965. The van der Waals surface area contributed by atoms with Crippen LogP contribution < -0.4 is 10.6 Å². The molecule has 1 fully saturated rings. The molecular formula is C11H20N2O3. The molecule has 1 saturated heterocycles. The summed E-state index contributed by atoms with van der Waals surface area (Å²) in [4.78, 5) is 22.5. The first-order valence-corrected chi connectivity index (χ1v) is 5.73. The summed E-state index contributed by atoms with van der Waals surface area (Å²) in [6, 6.07) is -0.776. The van der Waals surface area contributed by atoms with Crippen molar-refractivity contribution in [2.75, 3.05) is 13.1 Å². The summed E-state index contributed by atoms with van der Waals surface area (Å²) < 4.78 is 0. The first kappa shape index (κ1) is 13.0. The molecule has 1 amide bonds. The number of hydrogen-bond acceptors (Lipinski definition) is 3. The van der Waals surface area contributed by atoms with Crippen LogP contribution in [0.25, 0.3) is 0 Å². The van der Waals surface area contributed by atoms with Crippen LogP contribution in [0.1, 0.15) is 26.7 Å². The molecule has 1 rings (SSSR count). The number of carboxylic acids is 1. The highest BCUT2D eigenvalue weighted by molar-refractivity contribution is 5.83. The van der Waals surface area contributed by atoms with Crippen molar-refractivity contribution in [1.82, 2.24) is 10.6 Å². The van der Waals surface area contributed by atoms with Gasteiger partial charge in [-0.1, -0.05) is 13.8 Å². The van der Waals surface area contributed by atoms with Crippen molar-refractivity contribution in [3.05, 3.63) is 0 Å². The average Bonchev–Trinajstić information content (AvgIpc) is 2.65. The molecule has 3 N–H and O–H groups in total. The van der Waals surface area contributed by atoms with E-state index in [4.69, 9.17) is 5.11 Å². The highest BCUT2D eigenvalue weighted by Crippen LogP contribution is 2.12. The van der Waals surface area contributed by atoms with Crippen LogP contribution in [0.2, 0.25) is 0 Å². The third-order valence-corrected chi connectivity index (χ3v) is 2.89. The predicted octanol–water partition coefficient (Wildman–Crippen LogP) is 0.211. The number of rotatable bonds is 5. The minimum Gasteiger partial charge on any atom is -0.480 e. The van der Waals surface area contributed by atoms with Gasteiger partial charge in [0.2, 0.25) is 5.91 Å². The smallest absolute Gasteiger partial charge is 0.326 e. The Kier molecular flexibility index (Phi) is 4.73. The number of carbonyl (C=O) groups excluding carboxylic acids is 1. The van der Waals surface area contributed by atoms with Gasteiger partial charge < -0.3 is 15.7 Å². The molecule has 0 aromatic heterocycles. The monoisotopic (exact) mass is 228 g/mol. The summed E-state index contributed by atoms with van der Waals surface area (Å²) in [6.45, 7) is 5.38. The van der Waals surface area contributed by atoms with Crippen LogP contribution in [-0.2, 0) is 9.59 Å². The molecule has 1 unspecified atom stereocenters. The Bertz CT molecular complexity index is 260. The van der Waals surface area contributed by atoms with Crippen LogP contribution in [-0.4, -0.2) is 36.1 Å². The number of hydrogen-bond donors (Lipinski definition) is 3. The largest absolute Gasteiger partial charge is 0.480 e. The lowest BCUT2D eigenvalue weighted by atomic mass is 10.0. The summed E-state index contributed by atoms with van der Waals surface area (Å²) in [5.41, 5.74) is 0. The summed E-state index contributed by atoms with van der Waals surface area (Å²) in [7, 11) is 0. The second-order valence-corrected chi connectivity index (χ2v) is 4.69. The lowest BCUT2D eigenvalue weighted by Crippen LogP contribution is -2.44. The van der Waals surface area contributed by atoms with Gasteiger partial charge in [0.05, 0.1) is 0 Å². The summed E-state index contributed by atoms with van der Waals surface area (Å²) in [5, 5.41) is 14.7. The molecule has 1 aliphatic rings. The van der Waals surface area contributed by atoms with E-state index in [1.54, 1.807) is 13.8 Å². The van der Waals surface area contributed by atoms with Crippen molar-refractivity contribution >= 4 is 11.9 Å². The third-order valence-electron chi connectivity index (χ3n) is 2.89. The Morgan fingerprint density at radius 3 is 2.62 bits per heavy atom. The van der Waals surface area contributed by atoms with Gasteiger partial charge in [-0.2, -0.15) is 0 Å². The number of amides is 1. The van der Waals surface area contributed by atoms with Gasteiger partial charge in [0.25, 0.3) is 0 Å². The van der Waals surface area contributed by atoms with E-state index in [-0.39, 0.29) is 11.8 Å². The topological polar surface area (TPSA) is 78.4 Å². The fourth-order valence-corrected chi connectivity index (χ4v) is 1.90. The molecule has 2 atom stereocenters. The maximum atomic E-state index is 11.6. The standard InChI is InChI=1S/C11H20N2O3/c1-7(2)10(11(15)16)13-9(14)5-8-3-4-12-6-8/h7-8,10,12H,3-6H2,1-2H3,(H,13,14)(H,15,16)/t8?,10-/m0/s1. The average molecular weight is 228 g/mol. The highest BCUT2D eigenvalue weighted by atomic mass is 16.4. The molecule has 92 valence electrons. The van der Waals surface area contributed by atoms with Gasteiger partial charge in [-0.25, -0.2) is 4.79 Å². The molecule has 1 aliphatic heterocycles. The Morgan fingerprint density at radius 1 is 1.50 bits per heavy atom. The van der Waals surface area contributed by atoms with E-state index in [1.165, 1.54) is 0 Å². The highest BCUT2D eigenvalue weighted by Gasteiger charge is 2.25. The van der Waals surface area contributed by atoms with Crippen LogP contribution in [0.15, 0.2) is 0 Å². The van der Waals surface area contributed by atoms with Crippen molar-refractivity contribution in [3.63, 3.8) is 0 Å². The summed E-state index contributed by atoms with van der Waals surface area (Å²) in [5.74, 6) is -0.868. The first-order chi connectivity index (χ1) is 7.50. The zero-order chi connectivity index (χ0) is 12.1. The van der Waals surface area contributed by atoms with Crippen molar-refractivity contribution in [1.29, 1.82) is 0 Å². The molecule has 0 aromatic carbocycles. The van der Waals surface area contributed by atoms with Gasteiger partial charge in [0, 0.05) is 6.42 Å². The van der Waals surface area contributed by atoms with Crippen molar-refractivity contribution < 1.29 is 14.7 Å². The second kappa shape index (κ2) is 5.84. The Hall–Kier alpha value is -1.10. The van der Waals surface area contributed by atoms with E-state index < -0.39 is 12.0 Å². The quantitative estimate of drug-likeness (QED) is 0.628. The number of carbonyl (C=O) groups is 2. The van der Waals surface area contributed by atoms with E-state index in [9.17, 15) is 9.59 Å². The van der Waals surface area contributed by atoms with E-state index in [0.717, 1.165) is 19.5 Å². The molecule has 0 radical (unpaired) electrons. The first-order valence-electron chi connectivity index (χ1n) is 5.73. The molecule has 0 bridgehead atoms. The van der Waals surface area contributed by atoms with Crippen LogP contribution in [0.5, 0.6) is 0 Å². The van der Waals surface area contributed by atoms with E-state index in [0.29, 0.717) is 12.3 Å². The second-order valence-electron chi connectivity index (χ2n) is 4.69. The van der Waals surface area contributed by atoms with E-state index in [2.05, 4.69) is 10.6 Å². The van der Waals surface area contributed by atoms with Gasteiger partial charge in [-0.15, -0.1) is 0 Å². The number of carboxylic acid groups (broad SMARTS) is 1. The van der Waals surface area contributed by atoms with Crippen LogP contribution in [0.3, 0.4) is 0 Å². The maximum Gasteiger partial charge on any atom is 0.326 e. The normalized spacial score (nSPS) is 22.1. The van der Waals surface area contributed by atoms with Crippen LogP contribution >= 0.6 is 0 Å². The lowest BCUT2D eigenvalue weighted by molar-refractivity contribution is -0.143. The minimum absolute atomic E-state index is 0.0943. The van der Waals surface area contributed by atoms with Gasteiger partial charge in [-0.05, 0) is 31.3 Å². The molecule has 0 saturated carbocycles. The lowest BCUT2D eigenvalue weighted by Gasteiger charge is -2.18. The molecular weight excluding hydrogens is 208 g/mol. The summed E-state index contributed by atoms with van der Waals surface area (Å²) in [6.07, 6.45) is 1.41. The molecule has 0 aromatic rings. The van der Waals surface area contributed by atoms with E-state index >= 15 is 0 Å². The molecule has 0 spiro atoms. The fourth-order valence-electron chi connectivity index (χ4n) is 1.90. The fraction of sp³-hybridized carbons (Fsp3) is 0.818. The van der Waals surface area contributed by atoms with Gasteiger partial charge in [0.15, 0.2) is 0 Å². The third kappa shape index (κ3) is 3.81. The molecule has 16 heavy (non-hydrogen) atoms. The molecule has 5 nitrogen and oxygen atoms in total. The van der Waals surface area contributed by atoms with Gasteiger partial charge in [-0.3, -0.25) is 4.79 Å². The Balaban J connectivity index is 2.38. The Labute approximate surface area is 95.6 Å². The zero-order valence-electron chi connectivity index (χ0n) is 9.82. The molecule has 5 heteroatoms. The van der Waals surface area contributed by atoms with E-state index in [1.807, 2.05) is 0 Å². The zero-order valence-corrected chi connectivity index (χ0v) is 9.82. The number of aliphatic carboxylic acids is 1. The van der Waals surface area contributed by atoms with Crippen LogP contribution in [0.4, 0.5) is 0 Å².